The summed E-state index contributed by atoms with van der Waals surface area (Å²) in [6.45, 7) is 3.71. The summed E-state index contributed by atoms with van der Waals surface area (Å²) in [6.07, 6.45) is 3.86. The Labute approximate surface area is 101 Å². The quantitative estimate of drug-likeness (QED) is 0.738. The van der Waals surface area contributed by atoms with Crippen LogP contribution in [0.15, 0.2) is 18.3 Å². The summed E-state index contributed by atoms with van der Waals surface area (Å²) >= 11 is 1.82. The van der Waals surface area contributed by atoms with E-state index >= 15 is 0 Å². The molecule has 0 bridgehead atoms. The van der Waals surface area contributed by atoms with Crippen LogP contribution >= 0.6 is 11.8 Å². The fourth-order valence-electron chi connectivity index (χ4n) is 1.41. The average Bonchev–Trinajstić information content (AvgIpc) is 2.28. The summed E-state index contributed by atoms with van der Waals surface area (Å²) in [5, 5.41) is 0. The molecule has 1 aromatic heterocycles. The number of hydrogen-bond acceptors (Lipinski definition) is 4. The maximum absolute atomic E-state index is 11.1. The van der Waals surface area contributed by atoms with Gasteiger partial charge in [-0.3, -0.25) is 9.78 Å². The van der Waals surface area contributed by atoms with E-state index < -0.39 is 0 Å². The lowest BCUT2D eigenvalue weighted by Crippen LogP contribution is -2.30. The molecule has 0 saturated carbocycles. The van der Waals surface area contributed by atoms with Gasteiger partial charge in [0.1, 0.15) is 5.69 Å². The van der Waals surface area contributed by atoms with E-state index in [4.69, 9.17) is 0 Å². The highest BCUT2D eigenvalue weighted by atomic mass is 32.2. The first-order chi connectivity index (χ1) is 7.56. The number of carbonyl (C=O) groups is 1. The van der Waals surface area contributed by atoms with Gasteiger partial charge in [-0.05, 0) is 25.3 Å². The highest BCUT2D eigenvalue weighted by Gasteiger charge is 2.10. The van der Waals surface area contributed by atoms with Crippen LogP contribution in [0.25, 0.3) is 0 Å². The molecule has 0 aliphatic carbocycles. The fourth-order valence-corrected chi connectivity index (χ4v) is 2.12. The van der Waals surface area contributed by atoms with E-state index in [0.717, 1.165) is 11.4 Å². The molecule has 0 amide bonds. The minimum Gasteiger partial charge on any atom is -0.370 e. The minimum atomic E-state index is 0.00589. The summed E-state index contributed by atoms with van der Waals surface area (Å²) in [5.41, 5.74) is 1.57. The number of nitrogens with zero attached hydrogens (tertiary/aromatic N) is 2. The Morgan fingerprint density at radius 1 is 1.56 bits per heavy atom. The maximum atomic E-state index is 11.1. The highest BCUT2D eigenvalue weighted by molar-refractivity contribution is 7.98. The molecule has 0 fully saturated rings. The van der Waals surface area contributed by atoms with Crippen LogP contribution in [0.1, 0.15) is 24.3 Å². The lowest BCUT2D eigenvalue weighted by Gasteiger charge is -2.26. The third-order valence-electron chi connectivity index (χ3n) is 2.58. The van der Waals surface area contributed by atoms with E-state index in [1.165, 1.54) is 6.92 Å². The predicted octanol–water partition coefficient (Wildman–Crippen LogP) is 2.47. The number of ketones is 1. The molecule has 0 aliphatic rings. The van der Waals surface area contributed by atoms with Gasteiger partial charge in [0.25, 0.3) is 0 Å². The molecule has 4 heteroatoms. The zero-order valence-corrected chi connectivity index (χ0v) is 11.0. The molecule has 0 radical (unpaired) electrons. The predicted molar refractivity (Wildman–Crippen MR) is 70.5 cm³/mol. The van der Waals surface area contributed by atoms with E-state index in [1.54, 1.807) is 12.3 Å². The molecule has 3 nitrogen and oxygen atoms in total. The number of carbonyl (C=O) groups excluding carboxylic acids is 1. The number of anilines is 1. The van der Waals surface area contributed by atoms with Gasteiger partial charge in [0, 0.05) is 25.8 Å². The lowest BCUT2D eigenvalue weighted by atomic mass is 10.2. The van der Waals surface area contributed by atoms with Gasteiger partial charge in [-0.2, -0.15) is 11.8 Å². The van der Waals surface area contributed by atoms with Gasteiger partial charge in [0.15, 0.2) is 5.78 Å². The first kappa shape index (κ1) is 13.0. The number of Topliss-reactive ketones (excluding diaryl/α,β-unsaturated/α-hetero) is 1. The summed E-state index contributed by atoms with van der Waals surface area (Å²) < 4.78 is 0. The van der Waals surface area contributed by atoms with Gasteiger partial charge in [-0.1, -0.05) is 0 Å². The molecule has 1 rings (SSSR count). The second-order valence-corrected chi connectivity index (χ2v) is 4.78. The van der Waals surface area contributed by atoms with Crippen molar-refractivity contribution in [1.82, 2.24) is 4.98 Å². The minimum absolute atomic E-state index is 0.00589. The Bertz CT molecular complexity index is 351. The van der Waals surface area contributed by atoms with Gasteiger partial charge < -0.3 is 4.90 Å². The van der Waals surface area contributed by atoms with Crippen LogP contribution in [0, 0.1) is 0 Å². The van der Waals surface area contributed by atoms with Crippen LogP contribution in [0.3, 0.4) is 0 Å². The Morgan fingerprint density at radius 3 is 2.69 bits per heavy atom. The number of thioether (sulfide) groups is 1. The molecule has 0 aromatic carbocycles. The molecular formula is C12H18N2OS. The zero-order chi connectivity index (χ0) is 12.1. The van der Waals surface area contributed by atoms with Crippen molar-refractivity contribution in [3.63, 3.8) is 0 Å². The van der Waals surface area contributed by atoms with E-state index in [-0.39, 0.29) is 5.78 Å². The highest BCUT2D eigenvalue weighted by Crippen LogP contribution is 2.16. The summed E-state index contributed by atoms with van der Waals surface area (Å²) in [5.74, 6) is 1.08. The molecule has 1 atom stereocenters. The molecule has 16 heavy (non-hydrogen) atoms. The van der Waals surface area contributed by atoms with Crippen molar-refractivity contribution < 1.29 is 4.79 Å². The second kappa shape index (κ2) is 5.89. The van der Waals surface area contributed by atoms with Crippen molar-refractivity contribution in [1.29, 1.82) is 0 Å². The van der Waals surface area contributed by atoms with Gasteiger partial charge in [0.2, 0.25) is 0 Å². The van der Waals surface area contributed by atoms with Crippen molar-refractivity contribution in [3.8, 4) is 0 Å². The summed E-state index contributed by atoms with van der Waals surface area (Å²) in [6, 6.07) is 4.18. The number of rotatable bonds is 5. The lowest BCUT2D eigenvalue weighted by molar-refractivity contribution is 0.101. The SMILES string of the molecule is CSCC(C)N(C)c1ccc(C(C)=O)nc1. The van der Waals surface area contributed by atoms with Crippen molar-refractivity contribution in [2.24, 2.45) is 0 Å². The zero-order valence-electron chi connectivity index (χ0n) is 10.2. The van der Waals surface area contributed by atoms with Crippen molar-refractivity contribution in [3.05, 3.63) is 24.0 Å². The third kappa shape index (κ3) is 3.23. The van der Waals surface area contributed by atoms with Gasteiger partial charge >= 0.3 is 0 Å². The molecule has 0 saturated heterocycles. The first-order valence-electron chi connectivity index (χ1n) is 5.25. The monoisotopic (exact) mass is 238 g/mol. The molecular weight excluding hydrogens is 220 g/mol. The Kier molecular flexibility index (Phi) is 4.80. The molecule has 1 unspecified atom stereocenters. The summed E-state index contributed by atoms with van der Waals surface area (Å²) in [7, 11) is 2.05. The second-order valence-electron chi connectivity index (χ2n) is 3.87. The Hall–Kier alpha value is -1.03. The molecule has 0 spiro atoms. The molecule has 1 aromatic rings. The van der Waals surface area contributed by atoms with Crippen LogP contribution in [0.2, 0.25) is 0 Å². The molecule has 1 heterocycles. The van der Waals surface area contributed by atoms with E-state index in [0.29, 0.717) is 11.7 Å². The Balaban J connectivity index is 2.77. The number of aromatic nitrogens is 1. The van der Waals surface area contributed by atoms with Crippen molar-refractivity contribution in [2.75, 3.05) is 24.0 Å². The smallest absolute Gasteiger partial charge is 0.178 e. The number of pyridine rings is 1. The molecule has 0 aliphatic heterocycles. The molecule has 88 valence electrons. The van der Waals surface area contributed by atoms with Crippen LogP contribution < -0.4 is 4.90 Å². The van der Waals surface area contributed by atoms with Gasteiger partial charge in [-0.25, -0.2) is 0 Å². The molecule has 0 N–H and O–H groups in total. The van der Waals surface area contributed by atoms with Crippen LogP contribution in [-0.2, 0) is 0 Å². The third-order valence-corrected chi connectivity index (χ3v) is 3.40. The van der Waals surface area contributed by atoms with E-state index in [1.807, 2.05) is 24.9 Å². The Morgan fingerprint density at radius 2 is 2.25 bits per heavy atom. The van der Waals surface area contributed by atoms with Crippen LogP contribution in [0.5, 0.6) is 0 Å². The van der Waals surface area contributed by atoms with Gasteiger partial charge in [-0.15, -0.1) is 0 Å². The largest absolute Gasteiger partial charge is 0.370 e. The average molecular weight is 238 g/mol. The van der Waals surface area contributed by atoms with Crippen LogP contribution in [0.4, 0.5) is 5.69 Å². The standard InChI is InChI=1S/C12H18N2OS/c1-9(8-16-4)14(3)11-5-6-12(10(2)15)13-7-11/h5-7,9H,8H2,1-4H3. The fraction of sp³-hybridized carbons (Fsp3) is 0.500. The van der Waals surface area contributed by atoms with E-state index in [9.17, 15) is 4.79 Å². The van der Waals surface area contributed by atoms with Gasteiger partial charge in [0.05, 0.1) is 11.9 Å². The summed E-state index contributed by atoms with van der Waals surface area (Å²) in [4.78, 5) is 17.4. The van der Waals surface area contributed by atoms with Crippen molar-refractivity contribution >= 4 is 23.2 Å². The van der Waals surface area contributed by atoms with E-state index in [2.05, 4.69) is 23.1 Å². The van der Waals surface area contributed by atoms with Crippen molar-refractivity contribution in [2.45, 2.75) is 19.9 Å². The van der Waals surface area contributed by atoms with Crippen LogP contribution in [-0.4, -0.2) is 35.9 Å². The normalized spacial score (nSPS) is 12.2. The number of hydrogen-bond donors (Lipinski definition) is 0. The topological polar surface area (TPSA) is 33.2 Å². The maximum Gasteiger partial charge on any atom is 0.178 e. The first-order valence-corrected chi connectivity index (χ1v) is 6.64.